The predicted molar refractivity (Wildman–Crippen MR) is 280 cm³/mol. The zero-order chi connectivity index (χ0) is 48.6. The molecule has 4 heterocycles. The van der Waals surface area contributed by atoms with Crippen LogP contribution in [-0.2, 0) is 34.0 Å². The van der Waals surface area contributed by atoms with Gasteiger partial charge in [-0.1, -0.05) is 121 Å². The molecular formula is C54H44N4O8S4. The Bertz CT molecular complexity index is 3560. The molecule has 2 aliphatic heterocycles. The maximum absolute atomic E-state index is 14.2. The van der Waals surface area contributed by atoms with Gasteiger partial charge in [0.2, 0.25) is 0 Å². The number of carbonyl (C=O) groups excluding carboxylic acids is 1. The molecular weight excluding hydrogens is 961 g/mol. The number of hydrogen-bond donors (Lipinski definition) is 2. The van der Waals surface area contributed by atoms with Crippen LogP contribution in [0.2, 0.25) is 0 Å². The summed E-state index contributed by atoms with van der Waals surface area (Å²) in [6.07, 6.45) is 7.19. The molecule has 12 nitrogen and oxygen atoms in total. The van der Waals surface area contributed by atoms with Crippen LogP contribution >= 0.6 is 46.7 Å². The summed E-state index contributed by atoms with van der Waals surface area (Å²) in [4.78, 5) is 69.7. The summed E-state index contributed by atoms with van der Waals surface area (Å²) in [7, 11) is 0. The van der Waals surface area contributed by atoms with Gasteiger partial charge in [0.05, 0.1) is 11.1 Å². The highest BCUT2D eigenvalue weighted by Gasteiger charge is 2.42. The predicted octanol–water partition coefficient (Wildman–Crippen LogP) is 8.36. The summed E-state index contributed by atoms with van der Waals surface area (Å²) >= 11 is 8.81. The van der Waals surface area contributed by atoms with Crippen molar-refractivity contribution >= 4 is 103 Å². The monoisotopic (exact) mass is 1000 g/mol. The number of aromatic nitrogens is 2. The van der Waals surface area contributed by atoms with Gasteiger partial charge in [-0.05, 0) is 107 Å². The van der Waals surface area contributed by atoms with Gasteiger partial charge in [0.1, 0.15) is 35.4 Å². The second-order valence-corrected chi connectivity index (χ2v) is 20.7. The lowest BCUT2D eigenvalue weighted by Crippen LogP contribution is -2.31. The van der Waals surface area contributed by atoms with Crippen molar-refractivity contribution in [2.45, 2.75) is 57.8 Å². The SMILES string of the molecule is CCn1c(=O)/c(=c2\s/c(=C\c3ccc4c(c3)C3CCCC3N4c3ccc(C=C(c4ccccc4)c4ccccc4)cc3)c(=O)n2CC(=O)O)s/c1=C1/SC(=S)N(Cc2ccc(OCC(=O)O)cc2)C1=O. The molecule has 2 N–H and O–H groups in total. The molecule has 5 aromatic carbocycles. The quantitative estimate of drug-likeness (QED) is 0.0848. The van der Waals surface area contributed by atoms with Crippen molar-refractivity contribution in [2.24, 2.45) is 0 Å². The van der Waals surface area contributed by atoms with Crippen molar-refractivity contribution in [3.05, 3.63) is 200 Å². The van der Waals surface area contributed by atoms with Crippen molar-refractivity contribution in [2.75, 3.05) is 11.5 Å². The van der Waals surface area contributed by atoms with Gasteiger partial charge in [0.15, 0.2) is 6.61 Å². The number of fused-ring (bicyclic) bond motifs is 3. The van der Waals surface area contributed by atoms with E-state index in [0.717, 1.165) is 103 Å². The number of benzene rings is 5. The molecule has 0 radical (unpaired) electrons. The van der Waals surface area contributed by atoms with Gasteiger partial charge >= 0.3 is 11.9 Å². The van der Waals surface area contributed by atoms with Gasteiger partial charge < -0.3 is 19.8 Å². The topological polar surface area (TPSA) is 151 Å². The van der Waals surface area contributed by atoms with E-state index >= 15 is 0 Å². The second-order valence-electron chi connectivity index (χ2n) is 17.1. The first-order valence-corrected chi connectivity index (χ1v) is 25.6. The summed E-state index contributed by atoms with van der Waals surface area (Å²) in [5.74, 6) is -2.07. The molecule has 2 atom stereocenters. The first-order chi connectivity index (χ1) is 33.9. The molecule has 3 aliphatic rings. The van der Waals surface area contributed by atoms with Gasteiger partial charge in [-0.25, -0.2) is 4.79 Å². The van der Waals surface area contributed by atoms with E-state index in [1.54, 1.807) is 37.3 Å². The van der Waals surface area contributed by atoms with E-state index in [-0.39, 0.29) is 42.1 Å². The van der Waals surface area contributed by atoms with Gasteiger partial charge in [-0.15, -0.1) is 22.7 Å². The number of hydrogen-bond acceptors (Lipinski definition) is 11. The number of aliphatic carboxylic acids is 2. The van der Waals surface area contributed by atoms with Gasteiger partial charge in [-0.2, -0.15) is 0 Å². The van der Waals surface area contributed by atoms with Crippen LogP contribution in [0, 0.1) is 9.20 Å². The zero-order valence-corrected chi connectivity index (χ0v) is 40.9. The number of thioether (sulfide) groups is 1. The third-order valence-corrected chi connectivity index (χ3v) is 16.8. The lowest BCUT2D eigenvalue weighted by atomic mass is 9.95. The summed E-state index contributed by atoms with van der Waals surface area (Å²) in [6, 6.07) is 42.7. The largest absolute Gasteiger partial charge is 0.482 e. The average Bonchev–Trinajstić information content (AvgIpc) is 4.17. The minimum atomic E-state index is -1.24. The molecule has 0 spiro atoms. The van der Waals surface area contributed by atoms with E-state index in [1.165, 1.54) is 15.0 Å². The smallest absolute Gasteiger partial charge is 0.341 e. The summed E-state index contributed by atoms with van der Waals surface area (Å²) in [6.45, 7) is 0.971. The average molecular weight is 1010 g/mol. The molecule has 70 heavy (non-hydrogen) atoms. The number of ether oxygens (including phenoxy) is 1. The molecule has 352 valence electrons. The molecule has 16 heteroatoms. The number of amides is 1. The Balaban J connectivity index is 0.990. The normalized spacial score (nSPS) is 17.8. The number of thiazole rings is 2. The van der Waals surface area contributed by atoms with Crippen molar-refractivity contribution in [1.29, 1.82) is 0 Å². The first-order valence-electron chi connectivity index (χ1n) is 22.7. The summed E-state index contributed by atoms with van der Waals surface area (Å²) in [5, 5.41) is 18.9. The molecule has 1 saturated heterocycles. The van der Waals surface area contributed by atoms with Crippen LogP contribution < -0.4 is 30.0 Å². The van der Waals surface area contributed by atoms with E-state index in [2.05, 4.69) is 95.9 Å². The number of carbonyl (C=O) groups is 3. The van der Waals surface area contributed by atoms with E-state index in [1.807, 2.05) is 18.2 Å². The Morgan fingerprint density at radius 1 is 0.771 bits per heavy atom. The Kier molecular flexibility index (Phi) is 13.1. The molecule has 2 fully saturated rings. The summed E-state index contributed by atoms with van der Waals surface area (Å²) < 4.78 is 9.10. The fraction of sp³-hybridized carbons (Fsp3) is 0.185. The van der Waals surface area contributed by atoms with E-state index in [0.29, 0.717) is 16.3 Å². The minimum Gasteiger partial charge on any atom is -0.482 e. The Morgan fingerprint density at radius 3 is 2.11 bits per heavy atom. The summed E-state index contributed by atoms with van der Waals surface area (Å²) in [5.41, 5.74) is 8.52. The van der Waals surface area contributed by atoms with Crippen molar-refractivity contribution in [3.8, 4) is 5.75 Å². The number of anilines is 2. The van der Waals surface area contributed by atoms with E-state index < -0.39 is 42.1 Å². The molecule has 2 aromatic heterocycles. The van der Waals surface area contributed by atoms with E-state index in [4.69, 9.17) is 22.1 Å². The number of nitrogens with zero attached hydrogens (tertiary/aromatic N) is 4. The fourth-order valence-corrected chi connectivity index (χ4v) is 13.4. The molecule has 7 aromatic rings. The molecule has 10 rings (SSSR count). The number of rotatable bonds is 13. The van der Waals surface area contributed by atoms with Crippen molar-refractivity contribution < 1.29 is 29.3 Å². The third kappa shape index (κ3) is 9.10. The van der Waals surface area contributed by atoms with Crippen LogP contribution in [0.25, 0.3) is 22.6 Å². The highest BCUT2D eigenvalue weighted by Crippen LogP contribution is 2.52. The maximum Gasteiger partial charge on any atom is 0.341 e. The van der Waals surface area contributed by atoms with Crippen LogP contribution in [0.1, 0.15) is 65.5 Å². The number of carboxylic acid groups (broad SMARTS) is 2. The highest BCUT2D eigenvalue weighted by molar-refractivity contribution is 8.30. The maximum atomic E-state index is 14.2. The number of thiocarbonyl (C=S) groups is 1. The van der Waals surface area contributed by atoms with Gasteiger partial charge in [-0.3, -0.25) is 33.2 Å². The van der Waals surface area contributed by atoms with Crippen LogP contribution in [-0.4, -0.2) is 59.1 Å². The van der Waals surface area contributed by atoms with Crippen LogP contribution in [0.5, 0.6) is 5.75 Å². The molecule has 1 amide bonds. The Hall–Kier alpha value is -7.11. The van der Waals surface area contributed by atoms with Gasteiger partial charge in [0.25, 0.3) is 17.0 Å². The standard InChI is InChI=1S/C54H44N4O8S4/c1-2-55-50(64)47(69-52(55)48-51(65)57(54(67)70-48)29-33-18-23-38(24-19-33)66-31-46(61)62)53-56(30-45(59)60)49(63)44(68-53)28-34-20-25-43-41(27-34)39-14-9-15-42(39)58(43)37-21-16-32(17-22-37)26-40(35-10-5-3-6-11-35)36-12-7-4-8-13-36/h3-8,10-13,16-28,39,42H,2,9,14-15,29-31H2,1H3,(H,59,60)(H,61,62)/b44-28-,52-48+,53-47+. The lowest BCUT2D eigenvalue weighted by molar-refractivity contribution is -0.139. The Morgan fingerprint density at radius 2 is 1.46 bits per heavy atom. The zero-order valence-electron chi connectivity index (χ0n) is 37.6. The number of carboxylic acids is 2. The minimum absolute atomic E-state index is 0.128. The second kappa shape index (κ2) is 19.7. The lowest BCUT2D eigenvalue weighted by Gasteiger charge is -2.27. The highest BCUT2D eigenvalue weighted by atomic mass is 32.2. The molecule has 1 saturated carbocycles. The van der Waals surface area contributed by atoms with Crippen LogP contribution in [0.15, 0.2) is 137 Å². The first kappa shape index (κ1) is 46.6. The Labute approximate surface area is 418 Å². The van der Waals surface area contributed by atoms with Crippen LogP contribution in [0.4, 0.5) is 11.4 Å². The fourth-order valence-electron chi connectivity index (χ4n) is 9.57. The van der Waals surface area contributed by atoms with Crippen LogP contribution in [0.3, 0.4) is 0 Å². The molecule has 2 unspecified atom stereocenters. The van der Waals surface area contributed by atoms with Gasteiger partial charge in [0, 0.05) is 29.9 Å². The van der Waals surface area contributed by atoms with E-state index in [9.17, 15) is 29.1 Å². The van der Waals surface area contributed by atoms with Crippen molar-refractivity contribution in [1.82, 2.24) is 14.0 Å². The third-order valence-electron chi connectivity index (χ3n) is 12.7. The molecule has 0 bridgehead atoms. The van der Waals surface area contributed by atoms with Crippen molar-refractivity contribution in [3.63, 3.8) is 0 Å². The molecule has 1 aliphatic carbocycles.